The summed E-state index contributed by atoms with van der Waals surface area (Å²) in [7, 11) is -3.44. The zero-order valence-corrected chi connectivity index (χ0v) is 23.9. The molecule has 3 rings (SSSR count). The van der Waals surface area contributed by atoms with Crippen LogP contribution < -0.4 is 72.1 Å². The van der Waals surface area contributed by atoms with E-state index in [2.05, 4.69) is 16.0 Å². The van der Waals surface area contributed by atoms with Gasteiger partial charge in [0.15, 0.2) is 10.3 Å². The van der Waals surface area contributed by atoms with Crippen LogP contribution in [0.4, 0.5) is 4.79 Å². The first-order chi connectivity index (χ1) is 17.1. The van der Waals surface area contributed by atoms with Gasteiger partial charge >= 0.3 is 57.5 Å². The fourth-order valence-corrected chi connectivity index (χ4v) is 3.87. The quantitative estimate of drug-likeness (QED) is 0.152. The summed E-state index contributed by atoms with van der Waals surface area (Å²) in [5, 5.41) is 7.03. The third kappa shape index (κ3) is 8.77. The van der Waals surface area contributed by atoms with Gasteiger partial charge in [0.2, 0.25) is 11.8 Å². The fraction of sp³-hybridized carbons (Fsp3) is 0.273. The maximum atomic E-state index is 12.8. The summed E-state index contributed by atoms with van der Waals surface area (Å²) in [5.74, 6) is -1.97. The minimum atomic E-state index is -4.96. The van der Waals surface area contributed by atoms with Gasteiger partial charge in [-0.25, -0.2) is 17.5 Å². The number of hydrogen-bond acceptors (Lipinski definition) is 9. The van der Waals surface area contributed by atoms with E-state index in [1.165, 1.54) is 7.11 Å². The molecule has 0 aliphatic carbocycles. The molecular formula is C22H23KN4O9S. The normalized spacial score (nSPS) is 15.4. The number of β-lactam (4-membered cyclic amide) rings is 1. The topological polar surface area (TPSA) is 183 Å². The Morgan fingerprint density at radius 2 is 1.76 bits per heavy atom. The molecule has 1 aliphatic heterocycles. The molecule has 2 aromatic rings. The number of methoxy groups -OCH3 is 1. The molecule has 1 unspecified atom stereocenters. The molecule has 0 saturated carbocycles. The molecule has 1 heterocycles. The van der Waals surface area contributed by atoms with Gasteiger partial charge in [0, 0.05) is 0 Å². The molecule has 0 radical (unpaired) electrons. The molecule has 2 atom stereocenters. The van der Waals surface area contributed by atoms with Gasteiger partial charge in [-0.2, -0.15) is 0 Å². The van der Waals surface area contributed by atoms with Crippen molar-refractivity contribution in [2.75, 3.05) is 20.2 Å². The van der Waals surface area contributed by atoms with Crippen LogP contribution in [0.5, 0.6) is 5.75 Å². The van der Waals surface area contributed by atoms with Crippen LogP contribution >= 0.6 is 0 Å². The van der Waals surface area contributed by atoms with Crippen LogP contribution in [-0.2, 0) is 36.0 Å². The third-order valence-electron chi connectivity index (χ3n) is 5.10. The van der Waals surface area contributed by atoms with Crippen molar-refractivity contribution in [1.29, 1.82) is 0 Å². The standard InChI is InChI=1S/C22H24N4O9S.K/c1-34-16-9-7-14(8-10-16)13-35-22(30)23-11-18(27)25-19(15-5-3-2-4-6-15)20(28)24-17-12-26(21(17)29)36(31,32)33;/h2-10,17,19H,11-13H2,1H3,(H,23,30)(H,24,28)(H,25,27)(H,31,32,33);/q;+1/p-1/t17-,19?;/m0./s1. The number of ether oxygens (including phenoxy) is 2. The van der Waals surface area contributed by atoms with Gasteiger partial charge in [-0.1, -0.05) is 42.5 Å². The summed E-state index contributed by atoms with van der Waals surface area (Å²) in [4.78, 5) is 49.0. The molecule has 1 saturated heterocycles. The summed E-state index contributed by atoms with van der Waals surface area (Å²) in [6.07, 6.45) is -0.861. The van der Waals surface area contributed by atoms with Gasteiger partial charge in [0.1, 0.15) is 31.0 Å². The third-order valence-corrected chi connectivity index (χ3v) is 5.97. The maximum Gasteiger partial charge on any atom is 1.00 e. The van der Waals surface area contributed by atoms with E-state index in [0.29, 0.717) is 16.9 Å². The zero-order chi connectivity index (χ0) is 26.3. The Labute approximate surface area is 255 Å². The summed E-state index contributed by atoms with van der Waals surface area (Å²) in [5.41, 5.74) is 1.07. The average molecular weight is 559 g/mol. The van der Waals surface area contributed by atoms with Crippen molar-refractivity contribution in [2.24, 2.45) is 0 Å². The molecule has 0 aromatic heterocycles. The molecule has 2 aromatic carbocycles. The van der Waals surface area contributed by atoms with Crippen LogP contribution in [0.25, 0.3) is 0 Å². The van der Waals surface area contributed by atoms with E-state index < -0.39 is 59.3 Å². The van der Waals surface area contributed by atoms with Gasteiger partial charge in [0.25, 0.3) is 5.91 Å². The second kappa shape index (κ2) is 13.9. The predicted molar refractivity (Wildman–Crippen MR) is 122 cm³/mol. The Bertz CT molecular complexity index is 1230. The second-order valence-electron chi connectivity index (χ2n) is 7.58. The van der Waals surface area contributed by atoms with Crippen LogP contribution in [0.2, 0.25) is 0 Å². The van der Waals surface area contributed by atoms with E-state index >= 15 is 0 Å². The molecule has 192 valence electrons. The van der Waals surface area contributed by atoms with Gasteiger partial charge in [-0.15, -0.1) is 0 Å². The van der Waals surface area contributed by atoms with E-state index in [9.17, 15) is 32.1 Å². The molecule has 0 bridgehead atoms. The van der Waals surface area contributed by atoms with E-state index in [1.807, 2.05) is 0 Å². The SMILES string of the molecule is COc1ccc(COC(=O)NCC(=O)NC(C(=O)N[C@H]2CN(S(=O)(=O)[O-])C2=O)c2ccccc2)cc1.[K+]. The number of alkyl carbamates (subject to hydrolysis) is 1. The molecule has 1 fully saturated rings. The van der Waals surface area contributed by atoms with Gasteiger partial charge in [-0.05, 0) is 23.3 Å². The van der Waals surface area contributed by atoms with Crippen LogP contribution in [0.15, 0.2) is 54.6 Å². The number of rotatable bonds is 10. The number of nitrogens with zero attached hydrogens (tertiary/aromatic N) is 1. The van der Waals surface area contributed by atoms with E-state index in [4.69, 9.17) is 9.47 Å². The van der Waals surface area contributed by atoms with Crippen LogP contribution in [0.3, 0.4) is 0 Å². The molecule has 37 heavy (non-hydrogen) atoms. The van der Waals surface area contributed by atoms with E-state index in [-0.39, 0.29) is 62.3 Å². The van der Waals surface area contributed by atoms with Crippen molar-refractivity contribution in [2.45, 2.75) is 18.7 Å². The summed E-state index contributed by atoms with van der Waals surface area (Å²) in [6, 6.07) is 12.4. The monoisotopic (exact) mass is 558 g/mol. The Kier molecular flexibility index (Phi) is 11.5. The minimum Gasteiger partial charge on any atom is -0.731 e. The molecule has 1 aliphatic rings. The number of carbonyl (C=O) groups is 4. The maximum absolute atomic E-state index is 12.8. The first kappa shape index (κ1) is 30.7. The van der Waals surface area contributed by atoms with Crippen LogP contribution in [-0.4, -0.2) is 67.3 Å². The summed E-state index contributed by atoms with van der Waals surface area (Å²) in [6.45, 7) is -1.06. The Morgan fingerprint density at radius 3 is 2.32 bits per heavy atom. The summed E-state index contributed by atoms with van der Waals surface area (Å²) < 4.78 is 43.1. The van der Waals surface area contributed by atoms with Crippen molar-refractivity contribution in [3.05, 3.63) is 65.7 Å². The van der Waals surface area contributed by atoms with Gasteiger partial charge < -0.3 is 30.0 Å². The first-order valence-corrected chi connectivity index (χ1v) is 11.9. The molecule has 15 heteroatoms. The van der Waals surface area contributed by atoms with Gasteiger partial charge in [-0.3, -0.25) is 14.4 Å². The number of hydrogen-bond donors (Lipinski definition) is 3. The largest absolute Gasteiger partial charge is 1.00 e. The average Bonchev–Trinajstić information content (AvgIpc) is 2.86. The zero-order valence-electron chi connectivity index (χ0n) is 20.0. The second-order valence-corrected chi connectivity index (χ2v) is 8.87. The van der Waals surface area contributed by atoms with Crippen molar-refractivity contribution >= 4 is 34.1 Å². The number of benzene rings is 2. The molecule has 4 amide bonds. The Morgan fingerprint density at radius 1 is 1.11 bits per heavy atom. The van der Waals surface area contributed by atoms with Crippen LogP contribution in [0.1, 0.15) is 17.2 Å². The smallest absolute Gasteiger partial charge is 0.731 e. The Balaban J connectivity index is 0.00000481. The van der Waals surface area contributed by atoms with Crippen molar-refractivity contribution in [3.8, 4) is 5.75 Å². The molecule has 13 nitrogen and oxygen atoms in total. The summed E-state index contributed by atoms with van der Waals surface area (Å²) >= 11 is 0. The molecule has 3 N–H and O–H groups in total. The number of amides is 4. The Hall–Kier alpha value is -2.53. The van der Waals surface area contributed by atoms with Crippen LogP contribution in [0, 0.1) is 0 Å². The number of nitrogens with one attached hydrogen (secondary N) is 3. The predicted octanol–water partition coefficient (Wildman–Crippen LogP) is -3.43. The van der Waals surface area contributed by atoms with Crippen molar-refractivity contribution < 1.29 is 93.0 Å². The van der Waals surface area contributed by atoms with Crippen molar-refractivity contribution in [1.82, 2.24) is 20.3 Å². The van der Waals surface area contributed by atoms with E-state index in [0.717, 1.165) is 0 Å². The van der Waals surface area contributed by atoms with Gasteiger partial charge in [0.05, 0.1) is 13.7 Å². The molecular weight excluding hydrogens is 535 g/mol. The number of carbonyl (C=O) groups excluding carboxylic acids is 4. The first-order valence-electron chi connectivity index (χ1n) is 10.5. The fourth-order valence-electron chi connectivity index (χ4n) is 3.19. The van der Waals surface area contributed by atoms with E-state index in [1.54, 1.807) is 54.6 Å². The van der Waals surface area contributed by atoms with Crippen molar-refractivity contribution in [3.63, 3.8) is 0 Å². The minimum absolute atomic E-state index is 0. The molecule has 0 spiro atoms.